The lowest BCUT2D eigenvalue weighted by atomic mass is 9.78. The maximum absolute atomic E-state index is 14.3. The molecule has 1 saturated carbocycles. The number of fused-ring (bicyclic) bond motifs is 3. The maximum atomic E-state index is 14.3. The molecule has 3 aliphatic heterocycles. The van der Waals surface area contributed by atoms with Gasteiger partial charge >= 0.3 is 5.97 Å². The summed E-state index contributed by atoms with van der Waals surface area (Å²) in [7, 11) is 2.92. The third-order valence-electron chi connectivity index (χ3n) is 14.0. The molecule has 0 radical (unpaired) electrons. The van der Waals surface area contributed by atoms with Crippen LogP contribution in [0.15, 0.2) is 47.6 Å². The summed E-state index contributed by atoms with van der Waals surface area (Å²) in [6.07, 6.45) is 9.74. The summed E-state index contributed by atoms with van der Waals surface area (Å²) < 4.78 is 23.3. The quantitative estimate of drug-likeness (QED) is 0.172. The molecule has 2 saturated heterocycles. The number of hydrogen-bond donors (Lipinski definition) is 3. The van der Waals surface area contributed by atoms with Crippen LogP contribution in [0.2, 0.25) is 0 Å². The Morgan fingerprint density at radius 1 is 0.875 bits per heavy atom. The number of carbonyl (C=O) groups excluding carboxylic acids is 6. The summed E-state index contributed by atoms with van der Waals surface area (Å²) in [6.45, 7) is 12.3. The Morgan fingerprint density at radius 2 is 1.59 bits per heavy atom. The number of rotatable bonds is 5. The number of aliphatic hydroxyl groups excluding tert-OH is 2. The van der Waals surface area contributed by atoms with Crippen molar-refractivity contribution in [2.45, 2.75) is 174 Å². The number of cyclic esters (lactones) is 1. The van der Waals surface area contributed by atoms with Gasteiger partial charge in [0, 0.05) is 51.4 Å². The minimum atomic E-state index is -2.52. The van der Waals surface area contributed by atoms with Crippen molar-refractivity contribution in [3.05, 3.63) is 47.6 Å². The van der Waals surface area contributed by atoms with Crippen LogP contribution < -0.4 is 0 Å². The van der Waals surface area contributed by atoms with Crippen molar-refractivity contribution in [2.75, 3.05) is 20.8 Å². The summed E-state index contributed by atoms with van der Waals surface area (Å²) >= 11 is 0. The number of ether oxygens (including phenoxy) is 4. The molecule has 11 unspecified atom stereocenters. The average molecular weight is 898 g/mol. The zero-order chi connectivity index (χ0) is 47.5. The third kappa shape index (κ3) is 13.7. The van der Waals surface area contributed by atoms with Crippen molar-refractivity contribution >= 4 is 35.0 Å². The first kappa shape index (κ1) is 53.0. The number of esters is 1. The van der Waals surface area contributed by atoms with Gasteiger partial charge in [0.25, 0.3) is 11.7 Å². The van der Waals surface area contributed by atoms with Crippen LogP contribution in [0, 0.1) is 35.5 Å². The van der Waals surface area contributed by atoms with Gasteiger partial charge in [-0.05, 0) is 107 Å². The SMILES string of the molecule is COC1CC(CC(C)C2CC(=O)C(C)/C=C(\C)C(O)C(OC)C(=O)[C@H](C)CC(C)/C=C/C=C/C=C(\C)C(=O)CC3CC[C@@H](C)C(O)(O3)C(=O)C(=O)N3CCCC[C@H]3C(=O)O2)CCC1O. The Balaban J connectivity index is 1.69. The standard InChI is InChI=1S/C50H75NO13/c1-29-15-11-10-12-16-30(2)40(53)27-37-20-18-35(7)50(60,64-37)47(57)48(58)51-22-14-13-17-38(51)49(59)63-42(32(4)25-36-19-21-39(52)43(26-36)61-8)28-41(54)31(3)24-34(6)45(56)46(62-9)44(55)33(5)23-29/h10-12,15-16,24,29,31-33,35-39,42-43,45-46,52,56,60H,13-14,17-23,25-28H2,1-9H3/b12-10+,15-11+,30-16+,34-24+/t29?,31?,32?,33-,35-,36?,37?,38+,39?,42?,43?,45?,46?,50?/m1/s1. The molecule has 3 N–H and O–H groups in total. The van der Waals surface area contributed by atoms with Crippen LogP contribution in [0.5, 0.6) is 0 Å². The first-order valence-electron chi connectivity index (χ1n) is 23.4. The van der Waals surface area contributed by atoms with Crippen molar-refractivity contribution in [3.8, 4) is 0 Å². The predicted molar refractivity (Wildman–Crippen MR) is 239 cm³/mol. The summed E-state index contributed by atoms with van der Waals surface area (Å²) in [4.78, 5) is 84.6. The number of carbonyl (C=O) groups is 6. The molecule has 1 amide bonds. The molecule has 358 valence electrons. The normalized spacial score (nSPS) is 39.7. The smallest absolute Gasteiger partial charge is 0.329 e. The molecule has 64 heavy (non-hydrogen) atoms. The van der Waals surface area contributed by atoms with E-state index in [1.54, 1.807) is 66.0 Å². The van der Waals surface area contributed by atoms with Crippen molar-refractivity contribution in [2.24, 2.45) is 35.5 Å². The molecular weight excluding hydrogens is 823 g/mol. The van der Waals surface area contributed by atoms with Crippen molar-refractivity contribution in [1.29, 1.82) is 0 Å². The summed E-state index contributed by atoms with van der Waals surface area (Å²) in [5.41, 5.74) is 0.799. The van der Waals surface area contributed by atoms with Crippen LogP contribution in [0.25, 0.3) is 0 Å². The Hall–Kier alpha value is -3.66. The van der Waals surface area contributed by atoms with Crippen molar-refractivity contribution < 1.29 is 63.0 Å². The lowest BCUT2D eigenvalue weighted by Gasteiger charge is -2.42. The van der Waals surface area contributed by atoms with Gasteiger partial charge in [-0.3, -0.25) is 24.0 Å². The largest absolute Gasteiger partial charge is 0.460 e. The maximum Gasteiger partial charge on any atom is 0.329 e. The topological polar surface area (TPSA) is 203 Å². The van der Waals surface area contributed by atoms with Gasteiger partial charge < -0.3 is 39.2 Å². The van der Waals surface area contributed by atoms with Gasteiger partial charge in [-0.2, -0.15) is 0 Å². The molecule has 0 aromatic heterocycles. The monoisotopic (exact) mass is 898 g/mol. The van der Waals surface area contributed by atoms with Gasteiger partial charge in [-0.15, -0.1) is 0 Å². The fourth-order valence-corrected chi connectivity index (χ4v) is 9.73. The number of amides is 1. The molecule has 0 aromatic carbocycles. The fourth-order valence-electron chi connectivity index (χ4n) is 9.73. The van der Waals surface area contributed by atoms with E-state index in [0.717, 1.165) is 4.90 Å². The van der Waals surface area contributed by atoms with E-state index in [1.165, 1.54) is 7.11 Å². The highest BCUT2D eigenvalue weighted by molar-refractivity contribution is 6.39. The number of ketones is 4. The second-order valence-corrected chi connectivity index (χ2v) is 19.2. The van der Waals surface area contributed by atoms with Crippen molar-refractivity contribution in [1.82, 2.24) is 4.90 Å². The number of methoxy groups -OCH3 is 2. The number of aliphatic hydroxyl groups is 3. The second-order valence-electron chi connectivity index (χ2n) is 19.2. The molecular formula is C50H75NO13. The minimum Gasteiger partial charge on any atom is -0.460 e. The van der Waals surface area contributed by atoms with E-state index in [2.05, 4.69) is 0 Å². The summed E-state index contributed by atoms with van der Waals surface area (Å²) in [5.74, 6) is -8.70. The summed E-state index contributed by atoms with van der Waals surface area (Å²) in [5, 5.41) is 33.6. The van der Waals surface area contributed by atoms with Crippen LogP contribution >= 0.6 is 0 Å². The zero-order valence-electron chi connectivity index (χ0n) is 39.5. The highest BCUT2D eigenvalue weighted by Crippen LogP contribution is 2.37. The highest BCUT2D eigenvalue weighted by atomic mass is 16.6. The van der Waals surface area contributed by atoms with E-state index in [9.17, 15) is 44.1 Å². The molecule has 4 rings (SSSR count). The Bertz CT molecular complexity index is 1780. The molecule has 14 atom stereocenters. The van der Waals surface area contributed by atoms with Gasteiger partial charge in [0.1, 0.15) is 30.1 Å². The van der Waals surface area contributed by atoms with Crippen LogP contribution in [0.1, 0.15) is 126 Å². The molecule has 0 spiro atoms. The molecule has 1 aliphatic carbocycles. The van der Waals surface area contributed by atoms with E-state index in [1.807, 2.05) is 26.0 Å². The molecule has 3 fully saturated rings. The van der Waals surface area contributed by atoms with E-state index >= 15 is 0 Å². The van der Waals surface area contributed by atoms with Crippen LogP contribution in [0.3, 0.4) is 0 Å². The average Bonchev–Trinajstić information content (AvgIpc) is 3.26. The van der Waals surface area contributed by atoms with Gasteiger partial charge in [-0.1, -0.05) is 71.1 Å². The van der Waals surface area contributed by atoms with Gasteiger partial charge in [0.2, 0.25) is 5.79 Å². The minimum absolute atomic E-state index is 0.0224. The Kier molecular flexibility index (Phi) is 20.0. The predicted octanol–water partition coefficient (Wildman–Crippen LogP) is 5.73. The fraction of sp³-hybridized carbons (Fsp3) is 0.720. The third-order valence-corrected chi connectivity index (χ3v) is 14.0. The first-order valence-corrected chi connectivity index (χ1v) is 23.4. The summed E-state index contributed by atoms with van der Waals surface area (Å²) in [6, 6.07) is -1.17. The number of Topliss-reactive ketones (excluding diaryl/α,β-unsaturated/α-hetero) is 4. The van der Waals surface area contributed by atoms with Gasteiger partial charge in [0.05, 0.1) is 18.3 Å². The lowest BCUT2D eigenvalue weighted by Crippen LogP contribution is -2.60. The molecule has 3 heterocycles. The van der Waals surface area contributed by atoms with Gasteiger partial charge in [0.15, 0.2) is 11.6 Å². The number of hydrogen-bond acceptors (Lipinski definition) is 13. The second kappa shape index (κ2) is 24.2. The molecule has 14 heteroatoms. The zero-order valence-corrected chi connectivity index (χ0v) is 39.5. The Morgan fingerprint density at radius 3 is 2.28 bits per heavy atom. The van der Waals surface area contributed by atoms with Crippen LogP contribution in [0.4, 0.5) is 0 Å². The number of piperidine rings is 1. The molecule has 14 nitrogen and oxygen atoms in total. The Labute approximate surface area is 379 Å². The molecule has 2 bridgehead atoms. The molecule has 0 aromatic rings. The van der Waals surface area contributed by atoms with Crippen LogP contribution in [-0.4, -0.2) is 124 Å². The van der Waals surface area contributed by atoms with E-state index in [0.29, 0.717) is 68.9 Å². The van der Waals surface area contributed by atoms with Gasteiger partial charge in [-0.25, -0.2) is 4.79 Å². The number of allylic oxidation sites excluding steroid dienone is 7. The first-order chi connectivity index (χ1) is 30.2. The van der Waals surface area contributed by atoms with Crippen molar-refractivity contribution in [3.63, 3.8) is 0 Å². The lowest BCUT2D eigenvalue weighted by molar-refractivity contribution is -0.262. The highest BCUT2D eigenvalue weighted by Gasteiger charge is 2.53. The van der Waals surface area contributed by atoms with Crippen LogP contribution in [-0.2, 0) is 47.7 Å². The van der Waals surface area contributed by atoms with E-state index < -0.39 is 77.8 Å². The number of nitrogens with zero attached hydrogens (tertiary/aromatic N) is 1. The van der Waals surface area contributed by atoms with E-state index in [4.69, 9.17) is 18.9 Å². The molecule has 4 aliphatic rings. The van der Waals surface area contributed by atoms with E-state index in [-0.39, 0.29) is 67.0 Å².